The highest BCUT2D eigenvalue weighted by molar-refractivity contribution is 6.31. The van der Waals surface area contributed by atoms with Crippen LogP contribution in [-0.4, -0.2) is 79.0 Å². The molecule has 0 fully saturated rings. The molecule has 2 heterocycles. The molecule has 1 aromatic carbocycles. The maximum Gasteiger partial charge on any atom is 0.257 e. The molecule has 1 aromatic heterocycles. The van der Waals surface area contributed by atoms with E-state index in [1.807, 2.05) is 14.1 Å². The van der Waals surface area contributed by atoms with E-state index in [0.717, 1.165) is 0 Å². The fourth-order valence-corrected chi connectivity index (χ4v) is 4.17. The number of carbonyl (C=O) groups is 3. The van der Waals surface area contributed by atoms with Gasteiger partial charge in [0, 0.05) is 44.6 Å². The lowest BCUT2D eigenvalue weighted by Crippen LogP contribution is -2.46. The topological polar surface area (TPSA) is 117 Å². The second-order valence-corrected chi connectivity index (χ2v) is 10.1. The minimum Gasteiger partial charge on any atom is -0.491 e. The molecule has 1 aliphatic rings. The predicted octanol–water partition coefficient (Wildman–Crippen LogP) is 2.77. The van der Waals surface area contributed by atoms with Crippen molar-refractivity contribution in [3.63, 3.8) is 0 Å². The second kappa shape index (κ2) is 13.2. The molecular weight excluding hydrogens is 496 g/mol. The molecule has 0 radical (unpaired) electrons. The van der Waals surface area contributed by atoms with Crippen LogP contribution in [0, 0.1) is 5.92 Å². The van der Waals surface area contributed by atoms with Gasteiger partial charge in [0.15, 0.2) is 0 Å². The van der Waals surface area contributed by atoms with Crippen LogP contribution < -0.4 is 20.3 Å². The SMILES string of the molecule is CC(C)C[C@H]1COc2ccc(Cl)cc2C(=O)NCCCCN(C(=O)c2cnc(N(C)C)nc2)CC(=O)N1. The molecular formula is C26H35ClN6O4. The van der Waals surface area contributed by atoms with Gasteiger partial charge in [-0.3, -0.25) is 14.4 Å². The van der Waals surface area contributed by atoms with Crippen molar-refractivity contribution in [3.05, 3.63) is 46.7 Å². The lowest BCUT2D eigenvalue weighted by Gasteiger charge is -2.25. The molecule has 0 aliphatic carbocycles. The summed E-state index contributed by atoms with van der Waals surface area (Å²) < 4.78 is 5.99. The van der Waals surface area contributed by atoms with Crippen molar-refractivity contribution in [2.45, 2.75) is 39.2 Å². The summed E-state index contributed by atoms with van der Waals surface area (Å²) in [5.41, 5.74) is 0.647. The van der Waals surface area contributed by atoms with Crippen molar-refractivity contribution in [1.29, 1.82) is 0 Å². The van der Waals surface area contributed by atoms with Crippen LogP contribution in [0.5, 0.6) is 5.75 Å². The smallest absolute Gasteiger partial charge is 0.257 e. The van der Waals surface area contributed by atoms with E-state index in [1.165, 1.54) is 17.3 Å². The van der Waals surface area contributed by atoms with Crippen molar-refractivity contribution in [2.24, 2.45) is 5.92 Å². The molecule has 10 nitrogen and oxygen atoms in total. The van der Waals surface area contributed by atoms with Crippen LogP contribution in [0.25, 0.3) is 0 Å². The van der Waals surface area contributed by atoms with Gasteiger partial charge in [-0.05, 0) is 43.4 Å². The molecule has 0 saturated carbocycles. The van der Waals surface area contributed by atoms with Gasteiger partial charge in [0.25, 0.3) is 11.8 Å². The van der Waals surface area contributed by atoms with E-state index in [2.05, 4.69) is 34.4 Å². The Balaban J connectivity index is 1.81. The van der Waals surface area contributed by atoms with Gasteiger partial charge in [-0.1, -0.05) is 25.4 Å². The zero-order valence-corrected chi connectivity index (χ0v) is 22.5. The third kappa shape index (κ3) is 8.31. The maximum atomic E-state index is 13.3. The fraction of sp³-hybridized carbons (Fsp3) is 0.500. The van der Waals surface area contributed by atoms with Gasteiger partial charge in [-0.25, -0.2) is 9.97 Å². The number of hydrogen-bond acceptors (Lipinski definition) is 7. The fourth-order valence-electron chi connectivity index (χ4n) is 4.00. The van der Waals surface area contributed by atoms with Crippen LogP contribution in [0.4, 0.5) is 5.95 Å². The summed E-state index contributed by atoms with van der Waals surface area (Å²) in [4.78, 5) is 50.8. The molecule has 0 saturated heterocycles. The Morgan fingerprint density at radius 2 is 1.95 bits per heavy atom. The molecule has 37 heavy (non-hydrogen) atoms. The monoisotopic (exact) mass is 530 g/mol. The first kappa shape index (κ1) is 28.2. The first-order valence-corrected chi connectivity index (χ1v) is 12.8. The number of amides is 3. The van der Waals surface area contributed by atoms with E-state index in [9.17, 15) is 14.4 Å². The van der Waals surface area contributed by atoms with Gasteiger partial charge in [-0.2, -0.15) is 0 Å². The van der Waals surface area contributed by atoms with Gasteiger partial charge in [0.2, 0.25) is 11.9 Å². The zero-order chi connectivity index (χ0) is 26.9. The molecule has 0 bridgehead atoms. The third-order valence-electron chi connectivity index (χ3n) is 5.79. The molecule has 200 valence electrons. The summed E-state index contributed by atoms with van der Waals surface area (Å²) >= 11 is 6.13. The highest BCUT2D eigenvalue weighted by atomic mass is 35.5. The third-order valence-corrected chi connectivity index (χ3v) is 6.03. The Morgan fingerprint density at radius 1 is 1.22 bits per heavy atom. The zero-order valence-electron chi connectivity index (χ0n) is 21.8. The standard InChI is InChI=1S/C26H35ClN6O4/c1-17(2)11-20-16-37-22-8-7-19(27)12-21(22)24(35)28-9-5-6-10-33(15-23(34)31-20)25(36)18-13-29-26(30-14-18)32(3)4/h7-8,12-14,17,20H,5-6,9-11,15-16H2,1-4H3,(H,28,35)(H,31,34)/t20-/m0/s1. The number of rotatable bonds is 4. The van der Waals surface area contributed by atoms with Gasteiger partial charge in [0.1, 0.15) is 12.4 Å². The minimum absolute atomic E-state index is 0.110. The number of nitrogens with zero attached hydrogens (tertiary/aromatic N) is 4. The molecule has 2 aromatic rings. The number of aromatic nitrogens is 2. The number of hydrogen-bond donors (Lipinski definition) is 2. The van der Waals surface area contributed by atoms with Crippen LogP contribution in [0.1, 0.15) is 53.8 Å². The van der Waals surface area contributed by atoms with Gasteiger partial charge >= 0.3 is 0 Å². The number of halogens is 1. The van der Waals surface area contributed by atoms with E-state index >= 15 is 0 Å². The normalized spacial score (nSPS) is 17.6. The molecule has 2 N–H and O–H groups in total. The van der Waals surface area contributed by atoms with Crippen LogP contribution in [-0.2, 0) is 4.79 Å². The quantitative estimate of drug-likeness (QED) is 0.624. The first-order chi connectivity index (χ1) is 17.6. The van der Waals surface area contributed by atoms with Crippen LogP contribution in [0.15, 0.2) is 30.6 Å². The summed E-state index contributed by atoms with van der Waals surface area (Å²) in [6.45, 7) is 4.90. The first-order valence-electron chi connectivity index (χ1n) is 12.4. The molecule has 0 unspecified atom stereocenters. The van der Waals surface area contributed by atoms with E-state index in [-0.39, 0.29) is 42.8 Å². The Hall–Kier alpha value is -3.40. The number of fused-ring (bicyclic) bond motifs is 1. The number of nitrogens with one attached hydrogen (secondary N) is 2. The van der Waals surface area contributed by atoms with Crippen molar-refractivity contribution in [1.82, 2.24) is 25.5 Å². The Morgan fingerprint density at radius 3 is 2.62 bits per heavy atom. The molecule has 1 aliphatic heterocycles. The largest absolute Gasteiger partial charge is 0.491 e. The van der Waals surface area contributed by atoms with Crippen molar-refractivity contribution in [2.75, 3.05) is 45.2 Å². The average Bonchev–Trinajstić information content (AvgIpc) is 2.85. The molecule has 3 rings (SSSR count). The van der Waals surface area contributed by atoms with Crippen LogP contribution in [0.3, 0.4) is 0 Å². The molecule has 3 amide bonds. The lowest BCUT2D eigenvalue weighted by atomic mass is 10.0. The van der Waals surface area contributed by atoms with Crippen molar-refractivity contribution < 1.29 is 19.1 Å². The van der Waals surface area contributed by atoms with E-state index in [1.54, 1.807) is 23.1 Å². The van der Waals surface area contributed by atoms with E-state index < -0.39 is 0 Å². The average molecular weight is 531 g/mol. The minimum atomic E-state index is -0.326. The van der Waals surface area contributed by atoms with Crippen molar-refractivity contribution >= 4 is 35.3 Å². The summed E-state index contributed by atoms with van der Waals surface area (Å²) in [5, 5.41) is 6.33. The highest BCUT2D eigenvalue weighted by Crippen LogP contribution is 2.24. The van der Waals surface area contributed by atoms with Crippen molar-refractivity contribution in [3.8, 4) is 5.75 Å². The van der Waals surface area contributed by atoms with Crippen LogP contribution in [0.2, 0.25) is 5.02 Å². The Kier molecular flexibility index (Phi) is 10.1. The molecule has 0 spiro atoms. The number of anilines is 1. The number of ether oxygens (including phenoxy) is 1. The summed E-state index contributed by atoms with van der Waals surface area (Å²) in [6.07, 6.45) is 4.80. The highest BCUT2D eigenvalue weighted by Gasteiger charge is 2.23. The molecule has 11 heteroatoms. The van der Waals surface area contributed by atoms with E-state index in [0.29, 0.717) is 60.2 Å². The van der Waals surface area contributed by atoms with Gasteiger partial charge in [-0.15, -0.1) is 0 Å². The summed E-state index contributed by atoms with van der Waals surface area (Å²) in [7, 11) is 3.63. The van der Waals surface area contributed by atoms with E-state index in [4.69, 9.17) is 16.3 Å². The van der Waals surface area contributed by atoms with Gasteiger partial charge < -0.3 is 25.2 Å². The number of benzene rings is 1. The molecule has 1 atom stereocenters. The Bertz CT molecular complexity index is 1090. The Labute approximate surface area is 222 Å². The summed E-state index contributed by atoms with van der Waals surface area (Å²) in [6, 6.07) is 4.58. The summed E-state index contributed by atoms with van der Waals surface area (Å²) in [5.74, 6) is 0.275. The van der Waals surface area contributed by atoms with Gasteiger partial charge in [0.05, 0.1) is 23.7 Å². The lowest BCUT2D eigenvalue weighted by molar-refractivity contribution is -0.122. The second-order valence-electron chi connectivity index (χ2n) is 9.70. The maximum absolute atomic E-state index is 13.3. The number of carbonyl (C=O) groups excluding carboxylic acids is 3. The predicted molar refractivity (Wildman–Crippen MR) is 142 cm³/mol. The van der Waals surface area contributed by atoms with Crippen LogP contribution >= 0.6 is 11.6 Å².